The molecule has 5 aromatic heterocycles. The monoisotopic (exact) mass is 1010 g/mol. The lowest BCUT2D eigenvalue weighted by Crippen LogP contribution is -1.85. The van der Waals surface area contributed by atoms with Crippen LogP contribution in [0.1, 0.15) is 50.1 Å². The van der Waals surface area contributed by atoms with Crippen molar-refractivity contribution in [2.24, 2.45) is 7.05 Å². The second-order valence-corrected chi connectivity index (χ2v) is 22.4. The second-order valence-electron chi connectivity index (χ2n) is 20.3. The van der Waals surface area contributed by atoms with E-state index in [0.29, 0.717) is 0 Å². The number of rotatable bonds is 0. The zero-order valence-corrected chi connectivity index (χ0v) is 46.1. The molecule has 0 aliphatic rings. The van der Waals surface area contributed by atoms with E-state index in [1.54, 1.807) is 0 Å². The van der Waals surface area contributed by atoms with Crippen molar-refractivity contribution in [1.82, 2.24) is 4.57 Å². The van der Waals surface area contributed by atoms with Crippen LogP contribution in [0.5, 0.6) is 0 Å². The molecule has 0 N–H and O–H groups in total. The van der Waals surface area contributed by atoms with Crippen molar-refractivity contribution < 1.29 is 8.83 Å². The SMILES string of the molecule is Cc1ccc(C)c2c1oc1ccccc12.Cc1ccc(C)c2c1sc1ccccc12.Cc1ccc2c(c1)c1ccccc1n2C.Cc1ccc2oc3ccc(C)cc3c2c1.Cc1ccc2sc3ccc(C)cc3c2c1. The Balaban J connectivity index is 0.000000100. The first-order valence-corrected chi connectivity index (χ1v) is 27.4. The number of para-hydroxylation sites is 2. The maximum absolute atomic E-state index is 5.86. The fourth-order valence-corrected chi connectivity index (χ4v) is 12.9. The molecule has 15 rings (SSSR count). The Bertz CT molecular complexity index is 4250. The number of thiophene rings is 2. The highest BCUT2D eigenvalue weighted by molar-refractivity contribution is 7.26. The molecule has 0 amide bonds. The molecule has 10 aromatic carbocycles. The molecule has 75 heavy (non-hydrogen) atoms. The fourth-order valence-electron chi connectivity index (χ4n) is 10.5. The number of aryl methyl sites for hydroxylation is 10. The van der Waals surface area contributed by atoms with Gasteiger partial charge in [-0.1, -0.05) is 137 Å². The van der Waals surface area contributed by atoms with Gasteiger partial charge in [0.15, 0.2) is 0 Å². The first-order chi connectivity index (χ1) is 36.3. The fraction of sp³-hybridized carbons (Fsp3) is 0.143. The Labute approximate surface area is 446 Å². The Morgan fingerprint density at radius 3 is 1.39 bits per heavy atom. The van der Waals surface area contributed by atoms with Crippen LogP contribution in [-0.4, -0.2) is 4.57 Å². The Hall–Kier alpha value is -7.96. The quantitative estimate of drug-likeness (QED) is 0.152. The summed E-state index contributed by atoms with van der Waals surface area (Å²) in [7, 11) is 2.12. The van der Waals surface area contributed by atoms with E-state index >= 15 is 0 Å². The standard InChI is InChI=1S/C14H13N.2C14H12O.2C14H12S/c1-10-7-8-14-12(9-10)11-5-3-4-6-13(11)15(14)2;1-9-3-5-13-11(7-9)12-8-10(2)4-6-14(12)15-13;1-9-7-8-10(2)14-13(9)11-5-3-4-6-12(11)15-14;1-9-3-5-13-11(7-9)12-8-10(2)4-6-14(12)15-13;1-9-7-8-10(2)14-13(9)11-5-3-4-6-12(11)15-14/h3-9H,1-2H3;4*3-8H,1-2H3. The summed E-state index contributed by atoms with van der Waals surface area (Å²) in [5, 5.41) is 13.3. The van der Waals surface area contributed by atoms with Crippen LogP contribution in [-0.2, 0) is 7.05 Å². The van der Waals surface area contributed by atoms with Crippen LogP contribution in [0.25, 0.3) is 106 Å². The molecule has 370 valence electrons. The number of furan rings is 2. The van der Waals surface area contributed by atoms with E-state index in [0.717, 1.165) is 22.3 Å². The maximum Gasteiger partial charge on any atom is 0.138 e. The van der Waals surface area contributed by atoms with Crippen molar-refractivity contribution in [1.29, 1.82) is 0 Å². The molecule has 0 unspecified atom stereocenters. The predicted molar refractivity (Wildman–Crippen MR) is 329 cm³/mol. The van der Waals surface area contributed by atoms with Crippen LogP contribution in [0.15, 0.2) is 197 Å². The lowest BCUT2D eigenvalue weighted by atomic mass is 10.0. The van der Waals surface area contributed by atoms with Gasteiger partial charge in [0, 0.05) is 90.7 Å². The van der Waals surface area contributed by atoms with Gasteiger partial charge in [0.05, 0.1) is 0 Å². The van der Waals surface area contributed by atoms with Gasteiger partial charge >= 0.3 is 0 Å². The third-order valence-electron chi connectivity index (χ3n) is 14.5. The van der Waals surface area contributed by atoms with Gasteiger partial charge in [-0.25, -0.2) is 0 Å². The van der Waals surface area contributed by atoms with E-state index in [1.165, 1.54) is 134 Å². The summed E-state index contributed by atoms with van der Waals surface area (Å²) in [5.74, 6) is 0. The van der Waals surface area contributed by atoms with Crippen LogP contribution in [0.3, 0.4) is 0 Å². The largest absolute Gasteiger partial charge is 0.456 e. The van der Waals surface area contributed by atoms with Gasteiger partial charge in [-0.3, -0.25) is 0 Å². The molecule has 0 saturated carbocycles. The van der Waals surface area contributed by atoms with Gasteiger partial charge in [-0.05, 0) is 163 Å². The summed E-state index contributed by atoms with van der Waals surface area (Å²) in [5.41, 5.74) is 18.3. The average Bonchev–Trinajstić information content (AvgIpc) is 4.24. The summed E-state index contributed by atoms with van der Waals surface area (Å²) in [4.78, 5) is 0. The smallest absolute Gasteiger partial charge is 0.138 e. The van der Waals surface area contributed by atoms with Gasteiger partial charge in [0.1, 0.15) is 22.3 Å². The Kier molecular flexibility index (Phi) is 13.4. The van der Waals surface area contributed by atoms with Gasteiger partial charge < -0.3 is 13.4 Å². The minimum atomic E-state index is 0.973. The molecule has 5 heteroatoms. The molecule has 0 aliphatic carbocycles. The molecule has 3 nitrogen and oxygen atoms in total. The summed E-state index contributed by atoms with van der Waals surface area (Å²) >= 11 is 3.78. The molecule has 5 heterocycles. The van der Waals surface area contributed by atoms with Crippen molar-refractivity contribution in [2.45, 2.75) is 62.3 Å². The van der Waals surface area contributed by atoms with E-state index in [2.05, 4.69) is 238 Å². The minimum Gasteiger partial charge on any atom is -0.456 e. The van der Waals surface area contributed by atoms with Crippen molar-refractivity contribution >= 4 is 129 Å². The molecular formula is C70H61NO2S2. The highest BCUT2D eigenvalue weighted by atomic mass is 32.1. The predicted octanol–water partition coefficient (Wildman–Crippen LogP) is 21.4. The number of hydrogen-bond donors (Lipinski definition) is 0. The normalized spacial score (nSPS) is 11.3. The van der Waals surface area contributed by atoms with E-state index in [-0.39, 0.29) is 0 Å². The molecule has 0 aliphatic heterocycles. The van der Waals surface area contributed by atoms with Gasteiger partial charge in [0.2, 0.25) is 0 Å². The lowest BCUT2D eigenvalue weighted by molar-refractivity contribution is 0.665. The third-order valence-corrected chi connectivity index (χ3v) is 16.9. The highest BCUT2D eigenvalue weighted by Gasteiger charge is 2.12. The van der Waals surface area contributed by atoms with Gasteiger partial charge in [-0.15, -0.1) is 22.7 Å². The number of hydrogen-bond acceptors (Lipinski definition) is 4. The van der Waals surface area contributed by atoms with Crippen molar-refractivity contribution in [3.05, 3.63) is 238 Å². The van der Waals surface area contributed by atoms with Crippen LogP contribution in [0, 0.1) is 62.3 Å². The lowest BCUT2D eigenvalue weighted by Gasteiger charge is -1.99. The average molecular weight is 1010 g/mol. The van der Waals surface area contributed by atoms with Gasteiger partial charge in [-0.2, -0.15) is 0 Å². The van der Waals surface area contributed by atoms with Gasteiger partial charge in [0.25, 0.3) is 0 Å². The summed E-state index contributed by atoms with van der Waals surface area (Å²) in [6.07, 6.45) is 0. The molecule has 0 radical (unpaired) electrons. The first kappa shape index (κ1) is 49.3. The molecule has 15 aromatic rings. The van der Waals surface area contributed by atoms with Crippen LogP contribution in [0.2, 0.25) is 0 Å². The molecule has 0 saturated heterocycles. The van der Waals surface area contributed by atoms with Crippen LogP contribution in [0.4, 0.5) is 0 Å². The third kappa shape index (κ3) is 9.59. The zero-order chi connectivity index (χ0) is 52.1. The molecule has 0 bridgehead atoms. The van der Waals surface area contributed by atoms with Crippen LogP contribution < -0.4 is 0 Å². The summed E-state index contributed by atoms with van der Waals surface area (Å²) < 4.78 is 19.5. The van der Waals surface area contributed by atoms with Crippen molar-refractivity contribution in [2.75, 3.05) is 0 Å². The first-order valence-electron chi connectivity index (χ1n) is 25.8. The number of fused-ring (bicyclic) bond motifs is 15. The second kappa shape index (κ2) is 20.4. The van der Waals surface area contributed by atoms with Crippen molar-refractivity contribution in [3.63, 3.8) is 0 Å². The van der Waals surface area contributed by atoms with Crippen molar-refractivity contribution in [3.8, 4) is 0 Å². The van der Waals surface area contributed by atoms with E-state index < -0.39 is 0 Å². The number of nitrogens with zero attached hydrogens (tertiary/aromatic N) is 1. The van der Waals surface area contributed by atoms with E-state index in [1.807, 2.05) is 46.9 Å². The number of benzene rings is 10. The molecule has 0 fully saturated rings. The summed E-state index contributed by atoms with van der Waals surface area (Å²) in [6, 6.07) is 66.8. The summed E-state index contributed by atoms with van der Waals surface area (Å²) in [6.45, 7) is 19.3. The Morgan fingerprint density at radius 2 is 0.747 bits per heavy atom. The molecule has 0 atom stereocenters. The highest BCUT2D eigenvalue weighted by Crippen LogP contribution is 2.39. The molecular weight excluding hydrogens is 951 g/mol. The van der Waals surface area contributed by atoms with E-state index in [4.69, 9.17) is 8.83 Å². The molecule has 0 spiro atoms. The topological polar surface area (TPSA) is 31.2 Å². The number of aromatic nitrogens is 1. The zero-order valence-electron chi connectivity index (χ0n) is 44.5. The van der Waals surface area contributed by atoms with E-state index in [9.17, 15) is 0 Å². The maximum atomic E-state index is 5.86. The minimum absolute atomic E-state index is 0.973. The van der Waals surface area contributed by atoms with Crippen LogP contribution >= 0.6 is 22.7 Å². The Morgan fingerprint density at radius 1 is 0.307 bits per heavy atom.